The van der Waals surface area contributed by atoms with Crippen LogP contribution >= 0.6 is 47.2 Å². The number of halogens is 4. The Morgan fingerprint density at radius 2 is 1.91 bits per heavy atom. The van der Waals surface area contributed by atoms with Crippen LogP contribution in [0.3, 0.4) is 0 Å². The van der Waals surface area contributed by atoms with Gasteiger partial charge in [0.2, 0.25) is 3.79 Å². The van der Waals surface area contributed by atoms with Crippen LogP contribution in [0.2, 0.25) is 0 Å². The van der Waals surface area contributed by atoms with Crippen molar-refractivity contribution in [1.29, 1.82) is 0 Å². The van der Waals surface area contributed by atoms with Gasteiger partial charge in [0.15, 0.2) is 0 Å². The number of amidine groups is 1. The van der Waals surface area contributed by atoms with E-state index in [1.54, 1.807) is 0 Å². The topological polar surface area (TPSA) is 38.4 Å². The van der Waals surface area contributed by atoms with Crippen molar-refractivity contribution >= 4 is 53.0 Å². The van der Waals surface area contributed by atoms with Gasteiger partial charge >= 0.3 is 0 Å². The van der Waals surface area contributed by atoms with Crippen molar-refractivity contribution in [3.8, 4) is 0 Å². The first-order valence-electron chi connectivity index (χ1n) is 2.85. The Morgan fingerprint density at radius 1 is 1.45 bits per heavy atom. The van der Waals surface area contributed by atoms with Crippen LogP contribution in [0.4, 0.5) is 0 Å². The van der Waals surface area contributed by atoms with E-state index in [-0.39, 0.29) is 18.2 Å². The Labute approximate surface area is 87.5 Å². The zero-order valence-corrected chi connectivity index (χ0v) is 9.07. The lowest BCUT2D eigenvalue weighted by atomic mass is 10.5. The fourth-order valence-corrected chi connectivity index (χ4v) is 0.501. The molecule has 0 aromatic rings. The summed E-state index contributed by atoms with van der Waals surface area (Å²) in [6, 6.07) is 0. The molecule has 0 atom stereocenters. The summed E-state index contributed by atoms with van der Waals surface area (Å²) in [7, 11) is 0. The molecule has 11 heavy (non-hydrogen) atoms. The third kappa shape index (κ3) is 7.01. The molecule has 0 unspecified atom stereocenters. The molecule has 0 aromatic heterocycles. The van der Waals surface area contributed by atoms with Crippen molar-refractivity contribution in [1.82, 2.24) is 0 Å². The van der Waals surface area contributed by atoms with Crippen LogP contribution in [0.15, 0.2) is 4.99 Å². The summed E-state index contributed by atoms with van der Waals surface area (Å²) >= 11 is 16.2. The first-order chi connectivity index (χ1) is 4.48. The minimum absolute atomic E-state index is 0. The molecule has 0 saturated heterocycles. The summed E-state index contributed by atoms with van der Waals surface area (Å²) in [6.45, 7) is 2.56. The third-order valence-corrected chi connectivity index (χ3v) is 1.38. The zero-order chi connectivity index (χ0) is 8.20. The molecule has 0 amide bonds. The molecule has 0 aliphatic heterocycles. The van der Waals surface area contributed by atoms with Gasteiger partial charge in [-0.2, -0.15) is 0 Å². The van der Waals surface area contributed by atoms with Crippen LogP contribution < -0.4 is 5.73 Å². The quantitative estimate of drug-likeness (QED) is 0.449. The smallest absolute Gasteiger partial charge is 0.247 e. The predicted molar refractivity (Wildman–Crippen MR) is 54.3 cm³/mol. The minimum Gasteiger partial charge on any atom is -0.384 e. The molecule has 0 saturated carbocycles. The maximum atomic E-state index is 5.39. The van der Waals surface area contributed by atoms with Gasteiger partial charge in [-0.05, 0) is 6.42 Å². The Balaban J connectivity index is 0. The van der Waals surface area contributed by atoms with E-state index in [1.165, 1.54) is 0 Å². The summed E-state index contributed by atoms with van der Waals surface area (Å²) in [5, 5.41) is 0. The van der Waals surface area contributed by atoms with Crippen molar-refractivity contribution < 1.29 is 0 Å². The van der Waals surface area contributed by atoms with Crippen molar-refractivity contribution in [3.05, 3.63) is 0 Å². The van der Waals surface area contributed by atoms with Crippen molar-refractivity contribution in [2.45, 2.75) is 17.1 Å². The largest absolute Gasteiger partial charge is 0.384 e. The lowest BCUT2D eigenvalue weighted by molar-refractivity contribution is 0.926. The molecule has 0 rings (SSSR count). The Bertz CT molecular complexity index is 129. The van der Waals surface area contributed by atoms with E-state index in [1.807, 2.05) is 6.92 Å². The van der Waals surface area contributed by atoms with E-state index in [2.05, 4.69) is 4.99 Å². The summed E-state index contributed by atoms with van der Waals surface area (Å²) < 4.78 is -1.55. The second-order valence-electron chi connectivity index (χ2n) is 1.76. The number of nitrogens with two attached hydrogens (primary N) is 1. The molecular weight excluding hydrogens is 230 g/mol. The highest BCUT2D eigenvalue weighted by atomic mass is 35.6. The molecule has 0 radical (unpaired) electrons. The molecule has 0 bridgehead atoms. The second-order valence-corrected chi connectivity index (χ2v) is 4.05. The lowest BCUT2D eigenvalue weighted by Gasteiger charge is -2.08. The Morgan fingerprint density at radius 3 is 2.18 bits per heavy atom. The van der Waals surface area contributed by atoms with Crippen LogP contribution in [0.1, 0.15) is 13.3 Å². The molecule has 0 spiro atoms. The number of hydrogen-bond acceptors (Lipinski definition) is 1. The molecule has 0 aromatic carbocycles. The standard InChI is InChI=1S/C5H9Cl3N2.ClH/c1-2-3-10-4(9)5(6,7)8;/h2-3H2,1H3,(H2,9,10);1H. The molecule has 68 valence electrons. The second kappa shape index (κ2) is 6.18. The van der Waals surface area contributed by atoms with Crippen LogP contribution in [0, 0.1) is 0 Å². The van der Waals surface area contributed by atoms with Gasteiger partial charge in [0.05, 0.1) is 0 Å². The van der Waals surface area contributed by atoms with E-state index in [0.29, 0.717) is 6.54 Å². The monoisotopic (exact) mass is 238 g/mol. The molecule has 0 fully saturated rings. The third-order valence-electron chi connectivity index (χ3n) is 0.796. The summed E-state index contributed by atoms with van der Waals surface area (Å²) in [6.07, 6.45) is 0.890. The molecular formula is C5H10Cl4N2. The van der Waals surface area contributed by atoms with Gasteiger partial charge in [0.1, 0.15) is 5.84 Å². The molecule has 0 aliphatic carbocycles. The molecule has 2 N–H and O–H groups in total. The van der Waals surface area contributed by atoms with E-state index in [0.717, 1.165) is 6.42 Å². The van der Waals surface area contributed by atoms with Gasteiger partial charge in [0.25, 0.3) is 0 Å². The highest BCUT2D eigenvalue weighted by Crippen LogP contribution is 2.25. The fraction of sp³-hybridized carbons (Fsp3) is 0.800. The highest BCUT2D eigenvalue weighted by molar-refractivity contribution is 6.76. The van der Waals surface area contributed by atoms with Crippen molar-refractivity contribution in [2.75, 3.05) is 6.54 Å². The maximum Gasteiger partial charge on any atom is 0.247 e. The average molecular weight is 240 g/mol. The van der Waals surface area contributed by atoms with Gasteiger partial charge in [-0.1, -0.05) is 41.7 Å². The SMILES string of the molecule is CCCN=C(N)C(Cl)(Cl)Cl.Cl. The van der Waals surface area contributed by atoms with Crippen LogP contribution in [-0.4, -0.2) is 16.2 Å². The normalized spacial score (nSPS) is 12.5. The minimum atomic E-state index is -1.55. The summed E-state index contributed by atoms with van der Waals surface area (Å²) in [4.78, 5) is 3.81. The molecule has 2 nitrogen and oxygen atoms in total. The Kier molecular flexibility index (Phi) is 7.96. The predicted octanol–water partition coefficient (Wildman–Crippen LogP) is 2.55. The number of rotatable bonds is 2. The van der Waals surface area contributed by atoms with Crippen LogP contribution in [0.5, 0.6) is 0 Å². The van der Waals surface area contributed by atoms with Crippen molar-refractivity contribution in [2.24, 2.45) is 10.7 Å². The summed E-state index contributed by atoms with van der Waals surface area (Å²) in [5.74, 6) is 0.0550. The van der Waals surface area contributed by atoms with E-state index < -0.39 is 3.79 Å². The van der Waals surface area contributed by atoms with E-state index >= 15 is 0 Å². The van der Waals surface area contributed by atoms with Crippen LogP contribution in [0.25, 0.3) is 0 Å². The van der Waals surface area contributed by atoms with Crippen molar-refractivity contribution in [3.63, 3.8) is 0 Å². The van der Waals surface area contributed by atoms with Crippen LogP contribution in [-0.2, 0) is 0 Å². The first kappa shape index (κ1) is 14.2. The van der Waals surface area contributed by atoms with Gasteiger partial charge in [-0.15, -0.1) is 12.4 Å². The first-order valence-corrected chi connectivity index (χ1v) is 3.99. The lowest BCUT2D eigenvalue weighted by Crippen LogP contribution is -2.28. The Hall–Kier alpha value is 0.630. The maximum absolute atomic E-state index is 5.39. The molecule has 6 heteroatoms. The molecule has 0 heterocycles. The van der Waals surface area contributed by atoms with E-state index in [9.17, 15) is 0 Å². The average Bonchev–Trinajstić information content (AvgIpc) is 1.80. The van der Waals surface area contributed by atoms with Gasteiger partial charge in [0, 0.05) is 6.54 Å². The van der Waals surface area contributed by atoms with Gasteiger partial charge in [-0.3, -0.25) is 4.99 Å². The highest BCUT2D eigenvalue weighted by Gasteiger charge is 2.24. The molecule has 0 aliphatic rings. The zero-order valence-electron chi connectivity index (χ0n) is 5.98. The number of alkyl halides is 3. The number of nitrogens with zero attached hydrogens (tertiary/aromatic N) is 1. The number of hydrogen-bond donors (Lipinski definition) is 1. The summed E-state index contributed by atoms with van der Waals surface area (Å²) in [5.41, 5.74) is 5.29. The number of aliphatic imine (C=N–C) groups is 1. The van der Waals surface area contributed by atoms with Gasteiger partial charge in [-0.25, -0.2) is 0 Å². The fourth-order valence-electron chi connectivity index (χ4n) is 0.322. The van der Waals surface area contributed by atoms with Gasteiger partial charge < -0.3 is 5.73 Å². The van der Waals surface area contributed by atoms with E-state index in [4.69, 9.17) is 40.5 Å².